The SMILES string of the molecule is CCCCNC(=O)[C@H](C)N(Cc1ccc(Cl)cc1)C(=O)CN(c1cccc(C(C)=O)c1)S(C)(=O)=O. The van der Waals surface area contributed by atoms with Gasteiger partial charge in [-0.05, 0) is 50.1 Å². The molecule has 1 N–H and O–H groups in total. The van der Waals surface area contributed by atoms with Crippen molar-refractivity contribution in [2.24, 2.45) is 0 Å². The molecule has 10 heteroatoms. The van der Waals surface area contributed by atoms with Gasteiger partial charge in [0.15, 0.2) is 5.78 Å². The maximum Gasteiger partial charge on any atom is 0.244 e. The highest BCUT2D eigenvalue weighted by molar-refractivity contribution is 7.92. The Hall–Kier alpha value is -2.91. The van der Waals surface area contributed by atoms with Crippen molar-refractivity contribution >= 4 is 44.9 Å². The molecule has 0 radical (unpaired) electrons. The van der Waals surface area contributed by atoms with Gasteiger partial charge in [-0.3, -0.25) is 18.7 Å². The molecule has 8 nitrogen and oxygen atoms in total. The molecule has 0 fully saturated rings. The Morgan fingerprint density at radius 3 is 2.31 bits per heavy atom. The molecule has 2 aromatic carbocycles. The van der Waals surface area contributed by atoms with Gasteiger partial charge in [0.25, 0.3) is 0 Å². The van der Waals surface area contributed by atoms with Crippen molar-refractivity contribution in [3.8, 4) is 0 Å². The van der Waals surface area contributed by atoms with Crippen LogP contribution < -0.4 is 9.62 Å². The number of halogens is 1. The van der Waals surface area contributed by atoms with Crippen molar-refractivity contribution in [2.45, 2.75) is 46.2 Å². The number of ketones is 1. The highest BCUT2D eigenvalue weighted by Crippen LogP contribution is 2.21. The van der Waals surface area contributed by atoms with Gasteiger partial charge in [0.2, 0.25) is 21.8 Å². The van der Waals surface area contributed by atoms with Crippen LogP contribution in [0.5, 0.6) is 0 Å². The molecule has 0 saturated carbocycles. The van der Waals surface area contributed by atoms with Gasteiger partial charge in [-0.1, -0.05) is 49.2 Å². The number of anilines is 1. The molecule has 0 saturated heterocycles. The number of benzene rings is 2. The predicted molar refractivity (Wildman–Crippen MR) is 138 cm³/mol. The molecule has 0 unspecified atom stereocenters. The van der Waals surface area contributed by atoms with Crippen LogP contribution in [-0.2, 0) is 26.2 Å². The Bertz CT molecular complexity index is 1150. The molecule has 1 atom stereocenters. The van der Waals surface area contributed by atoms with Gasteiger partial charge in [0.1, 0.15) is 12.6 Å². The first-order chi connectivity index (χ1) is 16.4. The van der Waals surface area contributed by atoms with Crippen LogP contribution in [0.15, 0.2) is 48.5 Å². The Balaban J connectivity index is 2.38. The van der Waals surface area contributed by atoms with Crippen LogP contribution in [0.3, 0.4) is 0 Å². The summed E-state index contributed by atoms with van der Waals surface area (Å²) in [6, 6.07) is 12.1. The van der Waals surface area contributed by atoms with Gasteiger partial charge in [-0.2, -0.15) is 0 Å². The van der Waals surface area contributed by atoms with Crippen LogP contribution in [0.25, 0.3) is 0 Å². The molecule has 0 bridgehead atoms. The second-order valence-electron chi connectivity index (χ2n) is 8.34. The summed E-state index contributed by atoms with van der Waals surface area (Å²) in [5.74, 6) is -1.12. The van der Waals surface area contributed by atoms with Gasteiger partial charge >= 0.3 is 0 Å². The van der Waals surface area contributed by atoms with Gasteiger partial charge in [0, 0.05) is 23.7 Å². The summed E-state index contributed by atoms with van der Waals surface area (Å²) < 4.78 is 26.2. The van der Waals surface area contributed by atoms with Crippen molar-refractivity contribution in [1.82, 2.24) is 10.2 Å². The largest absolute Gasteiger partial charge is 0.354 e. The molecule has 2 rings (SSSR count). The summed E-state index contributed by atoms with van der Waals surface area (Å²) in [6.07, 6.45) is 2.70. The van der Waals surface area contributed by atoms with E-state index in [1.54, 1.807) is 43.3 Å². The van der Waals surface area contributed by atoms with E-state index in [2.05, 4.69) is 5.32 Å². The third-order valence-electron chi connectivity index (χ3n) is 5.48. The fourth-order valence-corrected chi connectivity index (χ4v) is 4.37. The van der Waals surface area contributed by atoms with E-state index >= 15 is 0 Å². The number of carbonyl (C=O) groups excluding carboxylic acids is 3. The maximum atomic E-state index is 13.5. The van der Waals surface area contributed by atoms with Crippen molar-refractivity contribution in [3.05, 3.63) is 64.7 Å². The topological polar surface area (TPSA) is 104 Å². The van der Waals surface area contributed by atoms with Gasteiger partial charge in [0.05, 0.1) is 11.9 Å². The molecule has 190 valence electrons. The van der Waals surface area contributed by atoms with Crippen LogP contribution in [0, 0.1) is 0 Å². The first-order valence-corrected chi connectivity index (χ1v) is 13.6. The van der Waals surface area contributed by atoms with Crippen LogP contribution >= 0.6 is 11.6 Å². The van der Waals surface area contributed by atoms with Gasteiger partial charge in [-0.15, -0.1) is 0 Å². The van der Waals surface area contributed by atoms with Crippen molar-refractivity contribution in [1.29, 1.82) is 0 Å². The summed E-state index contributed by atoms with van der Waals surface area (Å²) in [7, 11) is -3.87. The van der Waals surface area contributed by atoms with E-state index in [9.17, 15) is 22.8 Å². The number of hydrogen-bond donors (Lipinski definition) is 1. The zero-order valence-corrected chi connectivity index (χ0v) is 22.0. The number of Topliss-reactive ketones (excluding diaryl/α,β-unsaturated/α-hetero) is 1. The highest BCUT2D eigenvalue weighted by Gasteiger charge is 2.30. The quantitative estimate of drug-likeness (QED) is 0.339. The monoisotopic (exact) mass is 521 g/mol. The smallest absolute Gasteiger partial charge is 0.244 e. The third-order valence-corrected chi connectivity index (χ3v) is 6.88. The molecular weight excluding hydrogens is 490 g/mol. The maximum absolute atomic E-state index is 13.5. The molecule has 0 aromatic heterocycles. The average molecular weight is 522 g/mol. The lowest BCUT2D eigenvalue weighted by Crippen LogP contribution is -2.51. The number of sulfonamides is 1. The number of rotatable bonds is 12. The van der Waals surface area contributed by atoms with E-state index in [4.69, 9.17) is 11.6 Å². The van der Waals surface area contributed by atoms with Gasteiger partial charge < -0.3 is 10.2 Å². The molecule has 0 aliphatic carbocycles. The third kappa shape index (κ3) is 8.36. The normalized spacial score (nSPS) is 12.0. The lowest BCUT2D eigenvalue weighted by atomic mass is 10.1. The molecule has 0 heterocycles. The highest BCUT2D eigenvalue weighted by atomic mass is 35.5. The number of nitrogens with zero attached hydrogens (tertiary/aromatic N) is 2. The second kappa shape index (κ2) is 12.7. The Morgan fingerprint density at radius 2 is 1.74 bits per heavy atom. The summed E-state index contributed by atoms with van der Waals surface area (Å²) in [4.78, 5) is 39.4. The van der Waals surface area contributed by atoms with Crippen LogP contribution in [0.2, 0.25) is 5.02 Å². The minimum Gasteiger partial charge on any atom is -0.354 e. The second-order valence-corrected chi connectivity index (χ2v) is 10.7. The fraction of sp³-hybridized carbons (Fsp3) is 0.400. The Labute approximate surface area is 212 Å². The zero-order valence-electron chi connectivity index (χ0n) is 20.5. The van der Waals surface area contributed by atoms with E-state index in [0.717, 1.165) is 29.0 Å². The first-order valence-electron chi connectivity index (χ1n) is 11.3. The predicted octanol–water partition coefficient (Wildman–Crippen LogP) is 3.64. The summed E-state index contributed by atoms with van der Waals surface area (Å²) in [6.45, 7) is 5.03. The van der Waals surface area contributed by atoms with E-state index in [1.165, 1.54) is 24.0 Å². The number of carbonyl (C=O) groups is 3. The van der Waals surface area contributed by atoms with Crippen LogP contribution in [0.4, 0.5) is 5.69 Å². The summed E-state index contributed by atoms with van der Waals surface area (Å²) >= 11 is 5.97. The van der Waals surface area contributed by atoms with Crippen LogP contribution in [0.1, 0.15) is 49.5 Å². The van der Waals surface area contributed by atoms with Crippen molar-refractivity contribution in [3.63, 3.8) is 0 Å². The summed E-state index contributed by atoms with van der Waals surface area (Å²) in [5, 5.41) is 3.36. The van der Waals surface area contributed by atoms with Crippen molar-refractivity contribution in [2.75, 3.05) is 23.7 Å². The van der Waals surface area contributed by atoms with Gasteiger partial charge in [-0.25, -0.2) is 8.42 Å². The minimum atomic E-state index is -3.87. The lowest BCUT2D eigenvalue weighted by molar-refractivity contribution is -0.139. The van der Waals surface area contributed by atoms with E-state index in [-0.39, 0.29) is 23.9 Å². The molecule has 2 aromatic rings. The molecule has 2 amide bonds. The molecule has 0 spiro atoms. The number of amides is 2. The first kappa shape index (κ1) is 28.3. The summed E-state index contributed by atoms with van der Waals surface area (Å²) in [5.41, 5.74) is 1.26. The molecule has 0 aliphatic rings. The fourth-order valence-electron chi connectivity index (χ4n) is 3.40. The molecule has 0 aliphatic heterocycles. The van der Waals surface area contributed by atoms with E-state index in [0.29, 0.717) is 17.1 Å². The number of nitrogens with one attached hydrogen (secondary N) is 1. The minimum absolute atomic E-state index is 0.0868. The van der Waals surface area contributed by atoms with E-state index in [1.807, 2.05) is 6.92 Å². The Kier molecular flexibility index (Phi) is 10.3. The Morgan fingerprint density at radius 1 is 1.09 bits per heavy atom. The molecular formula is C25H32ClN3O5S. The average Bonchev–Trinajstić information content (AvgIpc) is 2.81. The number of hydrogen-bond acceptors (Lipinski definition) is 5. The van der Waals surface area contributed by atoms with Crippen molar-refractivity contribution < 1.29 is 22.8 Å². The number of unbranched alkanes of at least 4 members (excludes halogenated alkanes) is 1. The van der Waals surface area contributed by atoms with E-state index < -0.39 is 28.5 Å². The zero-order chi connectivity index (χ0) is 26.2. The lowest BCUT2D eigenvalue weighted by Gasteiger charge is -2.31. The standard InChI is InChI=1S/C25H32ClN3O5S/c1-5-6-14-27-25(32)18(2)28(16-20-10-12-22(26)13-11-20)24(31)17-29(35(4,33)34)23-9-7-8-21(15-23)19(3)30/h7-13,15,18H,5-6,14,16-17H2,1-4H3,(H,27,32)/t18-/m0/s1. The van der Waals surface area contributed by atoms with Crippen LogP contribution in [-0.4, -0.2) is 56.3 Å². The molecule has 35 heavy (non-hydrogen) atoms.